The van der Waals surface area contributed by atoms with Crippen LogP contribution in [0, 0.1) is 5.92 Å². The minimum Gasteiger partial charge on any atom is -0.370 e. The Bertz CT molecular complexity index is 721. The van der Waals surface area contributed by atoms with Crippen molar-refractivity contribution in [3.8, 4) is 0 Å². The summed E-state index contributed by atoms with van der Waals surface area (Å²) in [6.07, 6.45) is 5.44. The quantitative estimate of drug-likeness (QED) is 0.720. The highest BCUT2D eigenvalue weighted by Crippen LogP contribution is 2.26. The average Bonchev–Trinajstić information content (AvgIpc) is 3.22. The van der Waals surface area contributed by atoms with E-state index in [2.05, 4.69) is 38.5 Å². The Balaban J connectivity index is 1.48. The van der Waals surface area contributed by atoms with Crippen molar-refractivity contribution in [3.05, 3.63) is 34.8 Å². The summed E-state index contributed by atoms with van der Waals surface area (Å²) in [6.45, 7) is 6.92. The van der Waals surface area contributed by atoms with Crippen molar-refractivity contribution in [2.24, 2.45) is 5.92 Å². The van der Waals surface area contributed by atoms with Gasteiger partial charge in [0, 0.05) is 37.0 Å². The van der Waals surface area contributed by atoms with Crippen LogP contribution in [-0.4, -0.2) is 35.5 Å². The van der Waals surface area contributed by atoms with Crippen molar-refractivity contribution < 1.29 is 4.79 Å². The van der Waals surface area contributed by atoms with Gasteiger partial charge in [-0.25, -0.2) is 9.97 Å². The first-order valence-corrected chi connectivity index (χ1v) is 10.7. The fraction of sp³-hybridized carbons (Fsp3) is 0.550. The van der Waals surface area contributed by atoms with E-state index in [1.807, 2.05) is 24.4 Å². The fourth-order valence-electron chi connectivity index (χ4n) is 3.56. The number of nitrogens with one attached hydrogen (secondary N) is 2. The van der Waals surface area contributed by atoms with Gasteiger partial charge in [0.05, 0.1) is 6.04 Å². The SMILES string of the molecule is CCNc1cc(N2CCC[C@H](CCC(=O)N[C@@H](C)c3cccs3)C2)ncn1. The average molecular weight is 388 g/mol. The smallest absolute Gasteiger partial charge is 0.220 e. The molecule has 27 heavy (non-hydrogen) atoms. The van der Waals surface area contributed by atoms with Crippen LogP contribution in [0.1, 0.15) is 50.4 Å². The molecule has 6 nitrogen and oxygen atoms in total. The largest absolute Gasteiger partial charge is 0.370 e. The standard InChI is InChI=1S/C20H29N5OS/c1-3-21-18-12-19(23-14-22-18)25-10-4-6-16(13-25)8-9-20(26)24-15(2)17-7-5-11-27-17/h5,7,11-12,14-16H,3-4,6,8-10,13H2,1-2H3,(H,24,26)(H,21,22,23)/t15-,16+/m0/s1. The third-order valence-corrected chi connectivity index (χ3v) is 6.04. The van der Waals surface area contributed by atoms with Crippen molar-refractivity contribution in [1.82, 2.24) is 15.3 Å². The van der Waals surface area contributed by atoms with Gasteiger partial charge in [-0.3, -0.25) is 4.79 Å². The number of hydrogen-bond acceptors (Lipinski definition) is 6. The Morgan fingerprint density at radius 2 is 2.33 bits per heavy atom. The third kappa shape index (κ3) is 5.66. The van der Waals surface area contributed by atoms with Gasteiger partial charge < -0.3 is 15.5 Å². The predicted octanol–water partition coefficient (Wildman–Crippen LogP) is 3.84. The van der Waals surface area contributed by atoms with Crippen molar-refractivity contribution in [2.75, 3.05) is 29.9 Å². The van der Waals surface area contributed by atoms with E-state index in [-0.39, 0.29) is 11.9 Å². The maximum absolute atomic E-state index is 12.3. The second-order valence-electron chi connectivity index (χ2n) is 7.09. The predicted molar refractivity (Wildman–Crippen MR) is 111 cm³/mol. The minimum absolute atomic E-state index is 0.0888. The van der Waals surface area contributed by atoms with Crippen molar-refractivity contribution in [3.63, 3.8) is 0 Å². The molecule has 0 saturated carbocycles. The second-order valence-corrected chi connectivity index (χ2v) is 8.07. The molecule has 0 aliphatic carbocycles. The van der Waals surface area contributed by atoms with E-state index < -0.39 is 0 Å². The van der Waals surface area contributed by atoms with Crippen molar-refractivity contribution >= 4 is 28.9 Å². The second kappa shape index (κ2) is 9.69. The van der Waals surface area contributed by atoms with Crippen molar-refractivity contribution in [2.45, 2.75) is 45.6 Å². The molecule has 146 valence electrons. The number of thiophene rings is 1. The van der Waals surface area contributed by atoms with E-state index in [4.69, 9.17) is 0 Å². The summed E-state index contributed by atoms with van der Waals surface area (Å²) in [6, 6.07) is 6.19. The van der Waals surface area contributed by atoms with Crippen LogP contribution in [0.2, 0.25) is 0 Å². The molecule has 1 aliphatic rings. The Labute approximate surface area is 165 Å². The lowest BCUT2D eigenvalue weighted by Crippen LogP contribution is -2.36. The van der Waals surface area contributed by atoms with Gasteiger partial charge in [-0.2, -0.15) is 0 Å². The summed E-state index contributed by atoms with van der Waals surface area (Å²) in [7, 11) is 0. The first kappa shape index (κ1) is 19.6. The van der Waals surface area contributed by atoms with Crippen LogP contribution in [0.5, 0.6) is 0 Å². The van der Waals surface area contributed by atoms with Gasteiger partial charge in [-0.15, -0.1) is 11.3 Å². The molecule has 0 spiro atoms. The van der Waals surface area contributed by atoms with Crippen LogP contribution < -0.4 is 15.5 Å². The van der Waals surface area contributed by atoms with E-state index in [0.717, 1.165) is 44.1 Å². The lowest BCUT2D eigenvalue weighted by Gasteiger charge is -2.33. The summed E-state index contributed by atoms with van der Waals surface area (Å²) in [5, 5.41) is 8.40. The summed E-state index contributed by atoms with van der Waals surface area (Å²) in [4.78, 5) is 24.5. The number of carbonyl (C=O) groups excluding carboxylic acids is 1. The van der Waals surface area contributed by atoms with E-state index in [1.165, 1.54) is 11.3 Å². The fourth-order valence-corrected chi connectivity index (χ4v) is 4.30. The zero-order valence-corrected chi connectivity index (χ0v) is 17.0. The lowest BCUT2D eigenvalue weighted by atomic mass is 9.93. The molecule has 7 heteroatoms. The zero-order valence-electron chi connectivity index (χ0n) is 16.1. The monoisotopic (exact) mass is 387 g/mol. The molecule has 1 amide bonds. The molecule has 1 saturated heterocycles. The first-order valence-electron chi connectivity index (χ1n) is 9.79. The molecular weight excluding hydrogens is 358 g/mol. The number of piperidine rings is 1. The molecule has 2 aromatic rings. The van der Waals surface area contributed by atoms with Crippen molar-refractivity contribution in [1.29, 1.82) is 0 Å². The number of amides is 1. The summed E-state index contributed by atoms with van der Waals surface area (Å²) < 4.78 is 0. The number of hydrogen-bond donors (Lipinski definition) is 2. The van der Waals surface area contributed by atoms with E-state index >= 15 is 0 Å². The molecule has 0 bridgehead atoms. The molecule has 0 unspecified atom stereocenters. The number of rotatable bonds is 8. The number of nitrogens with zero attached hydrogens (tertiary/aromatic N) is 3. The number of aromatic nitrogens is 2. The highest BCUT2D eigenvalue weighted by atomic mass is 32.1. The van der Waals surface area contributed by atoms with Crippen LogP contribution in [0.3, 0.4) is 0 Å². The molecule has 0 aromatic carbocycles. The van der Waals surface area contributed by atoms with Crippen LogP contribution in [0.4, 0.5) is 11.6 Å². The molecule has 2 aromatic heterocycles. The van der Waals surface area contributed by atoms with Gasteiger partial charge in [-0.1, -0.05) is 6.07 Å². The summed E-state index contributed by atoms with van der Waals surface area (Å²) in [5.41, 5.74) is 0. The van der Waals surface area contributed by atoms with E-state index in [9.17, 15) is 4.79 Å². The van der Waals surface area contributed by atoms with Crippen LogP contribution in [-0.2, 0) is 4.79 Å². The maximum atomic E-state index is 12.3. The van der Waals surface area contributed by atoms with Crippen LogP contribution in [0.15, 0.2) is 29.9 Å². The van der Waals surface area contributed by atoms with E-state index in [0.29, 0.717) is 12.3 Å². The third-order valence-electron chi connectivity index (χ3n) is 4.98. The summed E-state index contributed by atoms with van der Waals surface area (Å²) >= 11 is 1.68. The molecular formula is C20H29N5OS. The zero-order chi connectivity index (χ0) is 19.1. The minimum atomic E-state index is 0.0888. The highest BCUT2D eigenvalue weighted by Gasteiger charge is 2.22. The number of anilines is 2. The normalized spacial score (nSPS) is 18.1. The van der Waals surface area contributed by atoms with Gasteiger partial charge in [0.2, 0.25) is 5.91 Å². The van der Waals surface area contributed by atoms with Gasteiger partial charge in [0.1, 0.15) is 18.0 Å². The van der Waals surface area contributed by atoms with Gasteiger partial charge >= 0.3 is 0 Å². The maximum Gasteiger partial charge on any atom is 0.220 e. The van der Waals surface area contributed by atoms with Gasteiger partial charge in [0.25, 0.3) is 0 Å². The molecule has 3 rings (SSSR count). The molecule has 3 heterocycles. The molecule has 2 atom stereocenters. The lowest BCUT2D eigenvalue weighted by molar-refractivity contribution is -0.122. The summed E-state index contributed by atoms with van der Waals surface area (Å²) in [5.74, 6) is 2.51. The van der Waals surface area contributed by atoms with Gasteiger partial charge in [-0.05, 0) is 50.5 Å². The first-order chi connectivity index (χ1) is 13.2. The van der Waals surface area contributed by atoms with Crippen LogP contribution >= 0.6 is 11.3 Å². The molecule has 1 aliphatic heterocycles. The Morgan fingerprint density at radius 1 is 1.44 bits per heavy atom. The van der Waals surface area contributed by atoms with Crippen LogP contribution in [0.25, 0.3) is 0 Å². The van der Waals surface area contributed by atoms with Gasteiger partial charge in [0.15, 0.2) is 0 Å². The Kier molecular flexibility index (Phi) is 7.04. The number of carbonyl (C=O) groups is 1. The Hall–Kier alpha value is -2.15. The molecule has 1 fully saturated rings. The Morgan fingerprint density at radius 3 is 3.11 bits per heavy atom. The topological polar surface area (TPSA) is 70.2 Å². The highest BCUT2D eigenvalue weighted by molar-refractivity contribution is 7.10. The molecule has 0 radical (unpaired) electrons. The van der Waals surface area contributed by atoms with E-state index in [1.54, 1.807) is 17.7 Å². The molecule has 2 N–H and O–H groups in total.